The molecule has 0 aromatic rings. The van der Waals surface area contributed by atoms with Crippen LogP contribution >= 0.6 is 15.9 Å². The Morgan fingerprint density at radius 1 is 1.33 bits per heavy atom. The molecule has 0 unspecified atom stereocenters. The lowest BCUT2D eigenvalue weighted by Gasteiger charge is -2.19. The third-order valence-corrected chi connectivity index (χ3v) is 2.06. The maximum absolute atomic E-state index is 5.46. The monoisotopic (exact) mass is 237 g/mol. The molecule has 74 valence electrons. The van der Waals surface area contributed by atoms with E-state index in [0.29, 0.717) is 6.10 Å². The van der Waals surface area contributed by atoms with Crippen molar-refractivity contribution in [2.24, 2.45) is 0 Å². The van der Waals surface area contributed by atoms with Gasteiger partial charge in [-0.3, -0.25) is 0 Å². The highest BCUT2D eigenvalue weighted by Gasteiger charge is 2.00. The van der Waals surface area contributed by atoms with Gasteiger partial charge in [0.1, 0.15) is 0 Å². The Morgan fingerprint density at radius 3 is 2.42 bits per heavy atom. The average Bonchev–Trinajstić information content (AvgIpc) is 2.02. The number of ether oxygens (including phenoxy) is 1. The molecule has 0 aliphatic rings. The van der Waals surface area contributed by atoms with Gasteiger partial charge in [-0.1, -0.05) is 22.9 Å². The second-order valence-corrected chi connectivity index (χ2v) is 3.84. The Kier molecular flexibility index (Phi) is 8.29. The van der Waals surface area contributed by atoms with E-state index in [4.69, 9.17) is 4.74 Å². The Bertz CT molecular complexity index is 98.5. The molecule has 12 heavy (non-hydrogen) atoms. The van der Waals surface area contributed by atoms with E-state index >= 15 is 0 Å². The van der Waals surface area contributed by atoms with Crippen LogP contribution in [0.5, 0.6) is 0 Å². The second kappa shape index (κ2) is 8.02. The van der Waals surface area contributed by atoms with Crippen molar-refractivity contribution in [3.8, 4) is 0 Å². The van der Waals surface area contributed by atoms with Gasteiger partial charge in [0.2, 0.25) is 0 Å². The summed E-state index contributed by atoms with van der Waals surface area (Å²) in [6.45, 7) is 10.4. The summed E-state index contributed by atoms with van der Waals surface area (Å²) in [6.07, 6.45) is 0.354. The van der Waals surface area contributed by atoms with Gasteiger partial charge in [0, 0.05) is 18.4 Å². The first kappa shape index (κ1) is 12.4. The first-order valence-corrected chi connectivity index (χ1v) is 5.72. The van der Waals surface area contributed by atoms with Crippen LogP contribution in [0.25, 0.3) is 0 Å². The van der Waals surface area contributed by atoms with Crippen LogP contribution in [-0.2, 0) is 4.74 Å². The number of hydrogen-bond donors (Lipinski definition) is 0. The summed E-state index contributed by atoms with van der Waals surface area (Å²) < 4.78 is 5.46. The van der Waals surface area contributed by atoms with E-state index in [1.165, 1.54) is 0 Å². The number of hydrogen-bond acceptors (Lipinski definition) is 2. The number of likely N-dealkylation sites (N-methyl/N-ethyl adjacent to an activating group) is 1. The fraction of sp³-hybridized carbons (Fsp3) is 1.00. The molecule has 0 saturated heterocycles. The molecule has 0 atom stereocenters. The molecular formula is C9H20BrNO. The van der Waals surface area contributed by atoms with E-state index in [0.717, 1.165) is 31.6 Å². The molecule has 0 spiro atoms. The predicted molar refractivity (Wildman–Crippen MR) is 57.0 cm³/mol. The molecule has 0 bridgehead atoms. The molecule has 0 aromatic carbocycles. The largest absolute Gasteiger partial charge is 0.377 e. The van der Waals surface area contributed by atoms with Gasteiger partial charge < -0.3 is 9.64 Å². The van der Waals surface area contributed by atoms with Crippen LogP contribution in [0, 0.1) is 0 Å². The Balaban J connectivity index is 3.31. The standard InChI is InChI=1S/C9H20BrNO/c1-4-11(6-5-10)7-8-12-9(2)3/h9H,4-8H2,1-3H3. The lowest BCUT2D eigenvalue weighted by Crippen LogP contribution is -2.29. The molecule has 0 N–H and O–H groups in total. The third kappa shape index (κ3) is 7.07. The van der Waals surface area contributed by atoms with Crippen molar-refractivity contribution in [2.75, 3.05) is 31.6 Å². The van der Waals surface area contributed by atoms with Crippen LogP contribution in [0.3, 0.4) is 0 Å². The average molecular weight is 238 g/mol. The minimum absolute atomic E-state index is 0.354. The lowest BCUT2D eigenvalue weighted by molar-refractivity contribution is 0.0613. The van der Waals surface area contributed by atoms with Crippen LogP contribution in [0.1, 0.15) is 20.8 Å². The third-order valence-electron chi connectivity index (χ3n) is 1.71. The van der Waals surface area contributed by atoms with Crippen molar-refractivity contribution in [3.63, 3.8) is 0 Å². The number of nitrogens with zero attached hydrogens (tertiary/aromatic N) is 1. The van der Waals surface area contributed by atoms with Crippen LogP contribution in [0.4, 0.5) is 0 Å². The zero-order chi connectivity index (χ0) is 9.40. The zero-order valence-corrected chi connectivity index (χ0v) is 9.93. The van der Waals surface area contributed by atoms with Crippen molar-refractivity contribution < 1.29 is 4.74 Å². The minimum Gasteiger partial charge on any atom is -0.377 e. The quantitative estimate of drug-likeness (QED) is 0.630. The van der Waals surface area contributed by atoms with Crippen LogP contribution in [0.2, 0.25) is 0 Å². The van der Waals surface area contributed by atoms with E-state index in [2.05, 4.69) is 41.6 Å². The number of alkyl halides is 1. The number of halogens is 1. The molecule has 0 amide bonds. The first-order chi connectivity index (χ1) is 5.70. The molecule has 0 aliphatic carbocycles. The Hall–Kier alpha value is 0.400. The van der Waals surface area contributed by atoms with Gasteiger partial charge >= 0.3 is 0 Å². The molecule has 0 heterocycles. The van der Waals surface area contributed by atoms with Gasteiger partial charge in [-0.25, -0.2) is 0 Å². The summed E-state index contributed by atoms with van der Waals surface area (Å²) in [6, 6.07) is 0. The summed E-state index contributed by atoms with van der Waals surface area (Å²) in [5.74, 6) is 0. The summed E-state index contributed by atoms with van der Waals surface area (Å²) in [5.41, 5.74) is 0. The smallest absolute Gasteiger partial charge is 0.0596 e. The minimum atomic E-state index is 0.354. The molecule has 0 radical (unpaired) electrons. The highest BCUT2D eigenvalue weighted by Crippen LogP contribution is 1.93. The zero-order valence-electron chi connectivity index (χ0n) is 8.35. The summed E-state index contributed by atoms with van der Waals surface area (Å²) in [5, 5.41) is 1.04. The fourth-order valence-corrected chi connectivity index (χ4v) is 1.47. The van der Waals surface area contributed by atoms with Crippen molar-refractivity contribution in [1.29, 1.82) is 0 Å². The van der Waals surface area contributed by atoms with Crippen molar-refractivity contribution in [2.45, 2.75) is 26.9 Å². The van der Waals surface area contributed by atoms with Crippen molar-refractivity contribution in [3.05, 3.63) is 0 Å². The van der Waals surface area contributed by atoms with Crippen molar-refractivity contribution in [1.82, 2.24) is 4.90 Å². The highest BCUT2D eigenvalue weighted by atomic mass is 79.9. The van der Waals surface area contributed by atoms with E-state index in [-0.39, 0.29) is 0 Å². The molecule has 0 saturated carbocycles. The van der Waals surface area contributed by atoms with Gasteiger partial charge in [-0.05, 0) is 20.4 Å². The van der Waals surface area contributed by atoms with Gasteiger partial charge in [0.15, 0.2) is 0 Å². The van der Waals surface area contributed by atoms with E-state index in [9.17, 15) is 0 Å². The summed E-state index contributed by atoms with van der Waals surface area (Å²) >= 11 is 3.43. The molecule has 0 rings (SSSR count). The second-order valence-electron chi connectivity index (χ2n) is 3.04. The van der Waals surface area contributed by atoms with Crippen molar-refractivity contribution >= 4 is 15.9 Å². The van der Waals surface area contributed by atoms with Crippen LogP contribution in [-0.4, -0.2) is 42.6 Å². The molecule has 0 fully saturated rings. The fourth-order valence-electron chi connectivity index (χ4n) is 0.965. The molecule has 0 aromatic heterocycles. The van der Waals surface area contributed by atoms with Gasteiger partial charge in [-0.15, -0.1) is 0 Å². The maximum Gasteiger partial charge on any atom is 0.0596 e. The molecule has 2 nitrogen and oxygen atoms in total. The Morgan fingerprint density at radius 2 is 2.00 bits per heavy atom. The Labute approximate surface area is 84.4 Å². The molecule has 3 heteroatoms. The first-order valence-electron chi connectivity index (χ1n) is 4.60. The lowest BCUT2D eigenvalue weighted by atomic mass is 10.4. The SMILES string of the molecule is CCN(CCBr)CCOC(C)C. The molecule has 0 aliphatic heterocycles. The van der Waals surface area contributed by atoms with Crippen LogP contribution < -0.4 is 0 Å². The summed E-state index contributed by atoms with van der Waals surface area (Å²) in [7, 11) is 0. The van der Waals surface area contributed by atoms with E-state index in [1.807, 2.05) is 0 Å². The molecular weight excluding hydrogens is 218 g/mol. The van der Waals surface area contributed by atoms with Gasteiger partial charge in [0.05, 0.1) is 12.7 Å². The van der Waals surface area contributed by atoms with E-state index < -0.39 is 0 Å². The topological polar surface area (TPSA) is 12.5 Å². The van der Waals surface area contributed by atoms with E-state index in [1.54, 1.807) is 0 Å². The normalized spacial score (nSPS) is 11.5. The summed E-state index contributed by atoms with van der Waals surface area (Å²) in [4.78, 5) is 2.37. The van der Waals surface area contributed by atoms with Gasteiger partial charge in [0.25, 0.3) is 0 Å². The highest BCUT2D eigenvalue weighted by molar-refractivity contribution is 9.09. The number of rotatable bonds is 7. The predicted octanol–water partition coefficient (Wildman–Crippen LogP) is 2.13. The van der Waals surface area contributed by atoms with Crippen LogP contribution in [0.15, 0.2) is 0 Å². The maximum atomic E-state index is 5.46. The van der Waals surface area contributed by atoms with Gasteiger partial charge in [-0.2, -0.15) is 0 Å².